The van der Waals surface area contributed by atoms with Gasteiger partial charge in [-0.3, -0.25) is 0 Å². The summed E-state index contributed by atoms with van der Waals surface area (Å²) in [6, 6.07) is 1.74. The molecule has 1 aromatic rings. The third-order valence-corrected chi connectivity index (χ3v) is 2.08. The molecule has 1 heterocycles. The van der Waals surface area contributed by atoms with Crippen molar-refractivity contribution in [3.05, 3.63) is 22.6 Å². The number of furan rings is 1. The molecule has 4 heteroatoms. The summed E-state index contributed by atoms with van der Waals surface area (Å²) in [5.74, 6) is 0.517. The van der Waals surface area contributed by atoms with Crippen LogP contribution < -0.4 is 0 Å². The second kappa shape index (κ2) is 4.64. The van der Waals surface area contributed by atoms with Crippen LogP contribution in [0.25, 0.3) is 0 Å². The van der Waals surface area contributed by atoms with E-state index in [4.69, 9.17) is 9.15 Å². The van der Waals surface area contributed by atoms with Crippen LogP contribution in [0.3, 0.4) is 0 Å². The maximum Gasteiger partial charge on any atom is 0.148 e. The molecule has 0 aliphatic rings. The fourth-order valence-corrected chi connectivity index (χ4v) is 1.31. The smallest absolute Gasteiger partial charge is 0.148 e. The van der Waals surface area contributed by atoms with Crippen molar-refractivity contribution in [1.82, 2.24) is 0 Å². The van der Waals surface area contributed by atoms with Crippen molar-refractivity contribution in [2.24, 2.45) is 0 Å². The average molecular weight is 235 g/mol. The summed E-state index contributed by atoms with van der Waals surface area (Å²) < 4.78 is 10.9. The van der Waals surface area contributed by atoms with Gasteiger partial charge in [0.15, 0.2) is 0 Å². The molecule has 0 bridgehead atoms. The predicted octanol–water partition coefficient (Wildman–Crippen LogP) is 2.11. The Hall–Kier alpha value is -0.320. The summed E-state index contributed by atoms with van der Waals surface area (Å²) >= 11 is 3.25. The van der Waals surface area contributed by atoms with Crippen LogP contribution in [0.4, 0.5) is 0 Å². The first-order valence-electron chi connectivity index (χ1n) is 3.74. The molecule has 1 rings (SSSR count). The van der Waals surface area contributed by atoms with E-state index in [1.54, 1.807) is 6.07 Å². The first-order chi connectivity index (χ1) is 5.75. The van der Waals surface area contributed by atoms with Crippen molar-refractivity contribution >= 4 is 15.9 Å². The molecular formula is C8H11BrO3. The third-order valence-electron chi connectivity index (χ3n) is 1.43. The van der Waals surface area contributed by atoms with Crippen molar-refractivity contribution < 1.29 is 14.3 Å². The van der Waals surface area contributed by atoms with Gasteiger partial charge in [0.25, 0.3) is 0 Å². The highest BCUT2D eigenvalue weighted by Crippen LogP contribution is 2.24. The van der Waals surface area contributed by atoms with E-state index in [0.29, 0.717) is 12.4 Å². The van der Waals surface area contributed by atoms with E-state index in [9.17, 15) is 5.11 Å². The molecule has 0 fully saturated rings. The molecule has 0 aliphatic carbocycles. The number of ether oxygens (including phenoxy) is 1. The van der Waals surface area contributed by atoms with E-state index >= 15 is 0 Å². The fourth-order valence-electron chi connectivity index (χ4n) is 0.848. The molecule has 1 atom stereocenters. The van der Waals surface area contributed by atoms with E-state index in [1.807, 2.05) is 6.92 Å². The Morgan fingerprint density at radius 3 is 3.00 bits per heavy atom. The Bertz CT molecular complexity index is 234. The van der Waals surface area contributed by atoms with Gasteiger partial charge >= 0.3 is 0 Å². The van der Waals surface area contributed by atoms with Crippen molar-refractivity contribution in [3.8, 4) is 0 Å². The Labute approximate surface area is 79.5 Å². The first-order valence-corrected chi connectivity index (χ1v) is 4.53. The van der Waals surface area contributed by atoms with Crippen LogP contribution in [0, 0.1) is 0 Å². The number of halogens is 1. The van der Waals surface area contributed by atoms with E-state index in [1.165, 1.54) is 6.26 Å². The second-order valence-corrected chi connectivity index (χ2v) is 3.16. The fraction of sp³-hybridized carbons (Fsp3) is 0.500. The molecule has 0 amide bonds. The number of hydrogen-bond acceptors (Lipinski definition) is 3. The summed E-state index contributed by atoms with van der Waals surface area (Å²) in [6.45, 7) is 2.74. The quantitative estimate of drug-likeness (QED) is 0.868. The van der Waals surface area contributed by atoms with E-state index < -0.39 is 6.10 Å². The minimum absolute atomic E-state index is 0.266. The first kappa shape index (κ1) is 9.77. The van der Waals surface area contributed by atoms with E-state index in [-0.39, 0.29) is 6.61 Å². The topological polar surface area (TPSA) is 42.6 Å². The molecule has 68 valence electrons. The van der Waals surface area contributed by atoms with Crippen LogP contribution in [-0.4, -0.2) is 18.3 Å². The minimum Gasteiger partial charge on any atom is -0.465 e. The van der Waals surface area contributed by atoms with Crippen LogP contribution in [0.5, 0.6) is 0 Å². The lowest BCUT2D eigenvalue weighted by Gasteiger charge is -2.07. The summed E-state index contributed by atoms with van der Waals surface area (Å²) in [6.07, 6.45) is 0.837. The molecule has 0 spiro atoms. The highest BCUT2D eigenvalue weighted by Gasteiger charge is 2.14. The molecule has 0 saturated heterocycles. The molecule has 1 unspecified atom stereocenters. The van der Waals surface area contributed by atoms with E-state index in [2.05, 4.69) is 15.9 Å². The molecule has 0 aliphatic heterocycles. The second-order valence-electron chi connectivity index (χ2n) is 2.31. The SMILES string of the molecule is CCOCC(O)c1occc1Br. The van der Waals surface area contributed by atoms with Gasteiger partial charge in [-0.1, -0.05) is 0 Å². The monoisotopic (exact) mass is 234 g/mol. The molecular weight excluding hydrogens is 224 g/mol. The van der Waals surface area contributed by atoms with Gasteiger partial charge in [-0.2, -0.15) is 0 Å². The lowest BCUT2D eigenvalue weighted by Crippen LogP contribution is -2.06. The minimum atomic E-state index is -0.686. The zero-order chi connectivity index (χ0) is 8.97. The van der Waals surface area contributed by atoms with Gasteiger partial charge in [0, 0.05) is 6.61 Å². The molecule has 1 aromatic heterocycles. The number of aliphatic hydroxyl groups is 1. The summed E-state index contributed by atoms with van der Waals surface area (Å²) in [5.41, 5.74) is 0. The maximum absolute atomic E-state index is 9.47. The van der Waals surface area contributed by atoms with Gasteiger partial charge in [0.1, 0.15) is 11.9 Å². The van der Waals surface area contributed by atoms with Gasteiger partial charge in [-0.15, -0.1) is 0 Å². The van der Waals surface area contributed by atoms with Gasteiger partial charge in [0.05, 0.1) is 17.3 Å². The number of aliphatic hydroxyl groups excluding tert-OH is 1. The lowest BCUT2D eigenvalue weighted by molar-refractivity contribution is 0.0298. The van der Waals surface area contributed by atoms with Gasteiger partial charge in [-0.05, 0) is 28.9 Å². The summed E-state index contributed by atoms with van der Waals surface area (Å²) in [7, 11) is 0. The predicted molar refractivity (Wildman–Crippen MR) is 47.9 cm³/mol. The maximum atomic E-state index is 9.47. The Morgan fingerprint density at radius 2 is 2.50 bits per heavy atom. The van der Waals surface area contributed by atoms with Crippen LogP contribution in [0.1, 0.15) is 18.8 Å². The Balaban J connectivity index is 2.52. The third kappa shape index (κ3) is 2.33. The van der Waals surface area contributed by atoms with Crippen molar-refractivity contribution in [3.63, 3.8) is 0 Å². The van der Waals surface area contributed by atoms with Crippen LogP contribution in [0.2, 0.25) is 0 Å². The lowest BCUT2D eigenvalue weighted by atomic mass is 10.3. The van der Waals surface area contributed by atoms with Crippen molar-refractivity contribution in [1.29, 1.82) is 0 Å². The van der Waals surface area contributed by atoms with Crippen LogP contribution in [0.15, 0.2) is 21.2 Å². The molecule has 0 aromatic carbocycles. The van der Waals surface area contributed by atoms with Gasteiger partial charge in [-0.25, -0.2) is 0 Å². The highest BCUT2D eigenvalue weighted by molar-refractivity contribution is 9.10. The highest BCUT2D eigenvalue weighted by atomic mass is 79.9. The largest absolute Gasteiger partial charge is 0.465 e. The van der Waals surface area contributed by atoms with Crippen LogP contribution >= 0.6 is 15.9 Å². The van der Waals surface area contributed by atoms with E-state index in [0.717, 1.165) is 4.47 Å². The molecule has 12 heavy (non-hydrogen) atoms. The molecule has 1 N–H and O–H groups in total. The van der Waals surface area contributed by atoms with Gasteiger partial charge < -0.3 is 14.3 Å². The normalized spacial score (nSPS) is 13.2. The summed E-state index contributed by atoms with van der Waals surface area (Å²) in [5, 5.41) is 9.47. The van der Waals surface area contributed by atoms with Crippen LogP contribution in [-0.2, 0) is 4.74 Å². The average Bonchev–Trinajstić information content (AvgIpc) is 2.47. The van der Waals surface area contributed by atoms with Gasteiger partial charge in [0.2, 0.25) is 0 Å². The zero-order valence-electron chi connectivity index (χ0n) is 6.79. The molecule has 0 radical (unpaired) electrons. The van der Waals surface area contributed by atoms with Crippen molar-refractivity contribution in [2.75, 3.05) is 13.2 Å². The zero-order valence-corrected chi connectivity index (χ0v) is 8.37. The number of hydrogen-bond donors (Lipinski definition) is 1. The number of rotatable bonds is 4. The Morgan fingerprint density at radius 1 is 1.75 bits per heavy atom. The van der Waals surface area contributed by atoms with Crippen molar-refractivity contribution in [2.45, 2.75) is 13.0 Å². The summed E-state index contributed by atoms with van der Waals surface area (Å²) in [4.78, 5) is 0. The molecule has 3 nitrogen and oxygen atoms in total. The molecule has 0 saturated carbocycles. The Kier molecular flexibility index (Phi) is 3.78. The standard InChI is InChI=1S/C8H11BrO3/c1-2-11-5-7(10)8-6(9)3-4-12-8/h3-4,7,10H,2,5H2,1H3.